The molecule has 1 fully saturated rings. The topological polar surface area (TPSA) is 29.6 Å². The van der Waals surface area contributed by atoms with Crippen molar-refractivity contribution in [2.24, 2.45) is 0 Å². The second-order valence-corrected chi connectivity index (χ2v) is 4.39. The molecule has 1 aliphatic rings. The van der Waals surface area contributed by atoms with Crippen LogP contribution in [0.1, 0.15) is 22.0 Å². The summed E-state index contributed by atoms with van der Waals surface area (Å²) in [6.45, 7) is 0.434. The van der Waals surface area contributed by atoms with Gasteiger partial charge in [-0.15, -0.1) is 0 Å². The Hall–Kier alpha value is -2.07. The second-order valence-electron chi connectivity index (χ2n) is 4.39. The number of benzene rings is 2. The van der Waals surface area contributed by atoms with Gasteiger partial charge in [0.15, 0.2) is 11.6 Å². The van der Waals surface area contributed by atoms with Crippen LogP contribution < -0.4 is 0 Å². The zero-order valence-electron chi connectivity index (χ0n) is 9.90. The molecule has 1 unspecified atom stereocenters. The summed E-state index contributed by atoms with van der Waals surface area (Å²) in [6.07, 6.45) is 0.384. The average Bonchev–Trinajstić information content (AvgIpc) is 3.26. The monoisotopic (exact) mass is 260 g/mol. The maximum absolute atomic E-state index is 14.0. The predicted molar refractivity (Wildman–Crippen MR) is 65.9 cm³/mol. The van der Waals surface area contributed by atoms with E-state index < -0.39 is 11.6 Å². The third-order valence-corrected chi connectivity index (χ3v) is 3.15. The van der Waals surface area contributed by atoms with Gasteiger partial charge < -0.3 is 4.74 Å². The molecule has 0 bridgehead atoms. The molecule has 0 spiro atoms. The van der Waals surface area contributed by atoms with Gasteiger partial charge in [-0.05, 0) is 5.56 Å². The summed E-state index contributed by atoms with van der Waals surface area (Å²) in [5.41, 5.74) is 1.46. The summed E-state index contributed by atoms with van der Waals surface area (Å²) in [4.78, 5) is 10.6. The Labute approximate surface area is 108 Å². The minimum atomic E-state index is -0.883. The van der Waals surface area contributed by atoms with E-state index in [1.54, 1.807) is 30.3 Å². The fourth-order valence-corrected chi connectivity index (χ4v) is 2.00. The number of halogens is 2. The molecule has 0 amide bonds. The molecule has 2 nitrogen and oxygen atoms in total. The normalized spacial score (nSPS) is 17.3. The fraction of sp³-hybridized carbons (Fsp3) is 0.133. The smallest absolute Gasteiger partial charge is 0.167 e. The molecule has 4 heteroatoms. The maximum Gasteiger partial charge on any atom is 0.167 e. The first kappa shape index (κ1) is 12.0. The Morgan fingerprint density at radius 1 is 1.05 bits per heavy atom. The summed E-state index contributed by atoms with van der Waals surface area (Å²) < 4.78 is 32.9. The van der Waals surface area contributed by atoms with Crippen molar-refractivity contribution < 1.29 is 18.3 Å². The van der Waals surface area contributed by atoms with Crippen molar-refractivity contribution in [3.8, 4) is 11.1 Å². The third-order valence-electron chi connectivity index (χ3n) is 3.15. The quantitative estimate of drug-likeness (QED) is 0.624. The highest BCUT2D eigenvalue weighted by Crippen LogP contribution is 2.35. The van der Waals surface area contributed by atoms with Crippen molar-refractivity contribution in [3.05, 3.63) is 59.2 Å². The summed E-state index contributed by atoms with van der Waals surface area (Å²) in [7, 11) is 0. The fourth-order valence-electron chi connectivity index (χ4n) is 2.00. The van der Waals surface area contributed by atoms with E-state index in [1.807, 2.05) is 0 Å². The first-order valence-corrected chi connectivity index (χ1v) is 5.86. The Morgan fingerprint density at radius 3 is 2.32 bits per heavy atom. The van der Waals surface area contributed by atoms with Crippen LogP contribution in [-0.4, -0.2) is 12.9 Å². The molecular weight excluding hydrogens is 250 g/mol. The molecule has 19 heavy (non-hydrogen) atoms. The lowest BCUT2D eigenvalue weighted by Gasteiger charge is -2.07. The molecule has 1 saturated heterocycles. The van der Waals surface area contributed by atoms with Crippen molar-refractivity contribution in [2.75, 3.05) is 6.61 Å². The highest BCUT2D eigenvalue weighted by molar-refractivity contribution is 5.77. The van der Waals surface area contributed by atoms with Crippen LogP contribution in [0.4, 0.5) is 8.78 Å². The number of carbonyl (C=O) groups excluding carboxylic acids is 1. The van der Waals surface area contributed by atoms with Crippen LogP contribution in [0.3, 0.4) is 0 Å². The molecule has 0 aromatic heterocycles. The number of rotatable bonds is 3. The van der Waals surface area contributed by atoms with Gasteiger partial charge in [-0.25, -0.2) is 8.78 Å². The lowest BCUT2D eigenvalue weighted by Crippen LogP contribution is -1.96. The number of ether oxygens (including phenoxy) is 1. The van der Waals surface area contributed by atoms with Crippen molar-refractivity contribution in [1.29, 1.82) is 0 Å². The third kappa shape index (κ3) is 2.15. The lowest BCUT2D eigenvalue weighted by molar-refractivity contribution is 0.112. The molecule has 0 aliphatic carbocycles. The first-order chi connectivity index (χ1) is 9.20. The highest BCUT2D eigenvalue weighted by atomic mass is 19.2. The van der Waals surface area contributed by atoms with Gasteiger partial charge in [-0.3, -0.25) is 4.79 Å². The van der Waals surface area contributed by atoms with E-state index in [-0.39, 0.29) is 17.2 Å². The van der Waals surface area contributed by atoms with Crippen LogP contribution in [0.5, 0.6) is 0 Å². The SMILES string of the molecule is O=Cc1ccc(-c2ccc(C3CO3)c(F)c2F)cc1. The van der Waals surface area contributed by atoms with Crippen LogP contribution >= 0.6 is 0 Å². The molecule has 1 atom stereocenters. The van der Waals surface area contributed by atoms with E-state index >= 15 is 0 Å². The lowest BCUT2D eigenvalue weighted by atomic mass is 10.0. The van der Waals surface area contributed by atoms with Gasteiger partial charge in [0.25, 0.3) is 0 Å². The van der Waals surface area contributed by atoms with Gasteiger partial charge in [0.1, 0.15) is 12.4 Å². The van der Waals surface area contributed by atoms with E-state index in [1.165, 1.54) is 6.07 Å². The number of carbonyl (C=O) groups is 1. The standard InChI is InChI=1S/C15H10F2O2/c16-14-11(10-3-1-9(7-18)2-4-10)5-6-12(15(14)17)13-8-19-13/h1-7,13H,8H2. The number of hydrogen-bond donors (Lipinski definition) is 0. The van der Waals surface area contributed by atoms with Crippen molar-refractivity contribution in [3.63, 3.8) is 0 Å². The van der Waals surface area contributed by atoms with E-state index in [9.17, 15) is 13.6 Å². The second kappa shape index (κ2) is 4.55. The number of epoxide rings is 1. The van der Waals surface area contributed by atoms with Gasteiger partial charge in [0, 0.05) is 16.7 Å². The molecule has 2 aromatic carbocycles. The average molecular weight is 260 g/mol. The summed E-state index contributed by atoms with van der Waals surface area (Å²) in [6, 6.07) is 9.39. The van der Waals surface area contributed by atoms with Crippen LogP contribution in [0.2, 0.25) is 0 Å². The van der Waals surface area contributed by atoms with E-state index in [2.05, 4.69) is 0 Å². The van der Waals surface area contributed by atoms with E-state index in [4.69, 9.17) is 4.74 Å². The van der Waals surface area contributed by atoms with Crippen LogP contribution in [0, 0.1) is 11.6 Å². The molecule has 0 saturated carbocycles. The molecule has 0 radical (unpaired) electrons. The maximum atomic E-state index is 14.0. The number of aldehydes is 1. The predicted octanol–water partition coefficient (Wildman–Crippen LogP) is 3.52. The Morgan fingerprint density at radius 2 is 1.74 bits per heavy atom. The summed E-state index contributed by atoms with van der Waals surface area (Å²) in [5, 5.41) is 0. The van der Waals surface area contributed by atoms with E-state index in [0.29, 0.717) is 24.0 Å². The molecular formula is C15H10F2O2. The van der Waals surface area contributed by atoms with Gasteiger partial charge in [-0.1, -0.05) is 36.4 Å². The zero-order chi connectivity index (χ0) is 13.4. The Kier molecular flexibility index (Phi) is 2.87. The summed E-state index contributed by atoms with van der Waals surface area (Å²) in [5.74, 6) is -1.74. The highest BCUT2D eigenvalue weighted by Gasteiger charge is 2.30. The van der Waals surface area contributed by atoms with Gasteiger partial charge >= 0.3 is 0 Å². The minimum Gasteiger partial charge on any atom is -0.368 e. The Bertz CT molecular complexity index is 631. The van der Waals surface area contributed by atoms with Crippen molar-refractivity contribution >= 4 is 6.29 Å². The Balaban J connectivity index is 2.04. The molecule has 1 heterocycles. The molecule has 2 aromatic rings. The molecule has 1 aliphatic heterocycles. The number of hydrogen-bond acceptors (Lipinski definition) is 2. The molecule has 3 rings (SSSR count). The zero-order valence-corrected chi connectivity index (χ0v) is 9.90. The van der Waals surface area contributed by atoms with Gasteiger partial charge in [0.2, 0.25) is 0 Å². The van der Waals surface area contributed by atoms with Crippen LogP contribution in [0.25, 0.3) is 11.1 Å². The molecule has 96 valence electrons. The first-order valence-electron chi connectivity index (χ1n) is 5.86. The minimum absolute atomic E-state index is 0.180. The molecule has 0 N–H and O–H groups in total. The summed E-state index contributed by atoms with van der Waals surface area (Å²) >= 11 is 0. The van der Waals surface area contributed by atoms with Gasteiger partial charge in [-0.2, -0.15) is 0 Å². The van der Waals surface area contributed by atoms with Crippen LogP contribution in [-0.2, 0) is 4.74 Å². The van der Waals surface area contributed by atoms with E-state index in [0.717, 1.165) is 0 Å². The van der Waals surface area contributed by atoms with Crippen molar-refractivity contribution in [2.45, 2.75) is 6.10 Å². The van der Waals surface area contributed by atoms with Crippen molar-refractivity contribution in [1.82, 2.24) is 0 Å². The van der Waals surface area contributed by atoms with Gasteiger partial charge in [0.05, 0.1) is 6.61 Å². The van der Waals surface area contributed by atoms with Crippen LogP contribution in [0.15, 0.2) is 36.4 Å². The largest absolute Gasteiger partial charge is 0.368 e.